The zero-order chi connectivity index (χ0) is 20.2. The van der Waals surface area contributed by atoms with Crippen molar-refractivity contribution in [2.45, 2.75) is 25.2 Å². The summed E-state index contributed by atoms with van der Waals surface area (Å²) < 4.78 is 26.6. The molecule has 7 nitrogen and oxygen atoms in total. The average molecular weight is 402 g/mol. The Balaban J connectivity index is 1.59. The molecule has 30 heavy (non-hydrogen) atoms. The number of carbonyl (C=O) groups is 1. The van der Waals surface area contributed by atoms with Gasteiger partial charge in [0.05, 0.1) is 17.7 Å². The van der Waals surface area contributed by atoms with E-state index < -0.39 is 5.92 Å². The van der Waals surface area contributed by atoms with Crippen LogP contribution in [0, 0.1) is 5.82 Å². The molecule has 0 amide bonds. The molecule has 8 heteroatoms. The number of carbonyl (C=O) groups excluding carboxylic acids is 1. The maximum atomic E-state index is 13.3. The number of ketones is 1. The Kier molecular flexibility index (Phi) is 3.61. The highest BCUT2D eigenvalue weighted by atomic mass is 19.1. The van der Waals surface area contributed by atoms with Gasteiger partial charge in [-0.05, 0) is 42.8 Å². The van der Waals surface area contributed by atoms with Crippen LogP contribution in [0.3, 0.4) is 0 Å². The van der Waals surface area contributed by atoms with E-state index in [9.17, 15) is 9.18 Å². The zero-order valence-corrected chi connectivity index (χ0v) is 15.7. The van der Waals surface area contributed by atoms with Crippen molar-refractivity contribution < 1.29 is 18.3 Å². The molecule has 0 saturated heterocycles. The predicted molar refractivity (Wildman–Crippen MR) is 103 cm³/mol. The first-order valence-electron chi connectivity index (χ1n) is 9.68. The lowest BCUT2D eigenvalue weighted by Crippen LogP contribution is -2.26. The van der Waals surface area contributed by atoms with Gasteiger partial charge in [0.1, 0.15) is 23.7 Å². The molecule has 1 aliphatic heterocycles. The van der Waals surface area contributed by atoms with Crippen molar-refractivity contribution in [1.29, 1.82) is 0 Å². The summed E-state index contributed by atoms with van der Waals surface area (Å²) in [6.07, 6.45) is 5.01. The molecular weight excluding hydrogens is 387 g/mol. The maximum Gasteiger partial charge on any atom is 0.228 e. The first-order chi connectivity index (χ1) is 14.7. The molecule has 4 heterocycles. The van der Waals surface area contributed by atoms with Crippen LogP contribution in [-0.2, 0) is 4.79 Å². The minimum Gasteiger partial charge on any atom is -0.468 e. The van der Waals surface area contributed by atoms with E-state index in [0.717, 1.165) is 6.42 Å². The third kappa shape index (κ3) is 2.50. The number of allylic oxidation sites excluding steroid dienone is 2. The fourth-order valence-electron chi connectivity index (χ4n) is 4.18. The smallest absolute Gasteiger partial charge is 0.228 e. The monoisotopic (exact) mass is 402 g/mol. The van der Waals surface area contributed by atoms with Gasteiger partial charge in [0.2, 0.25) is 5.88 Å². The van der Waals surface area contributed by atoms with Crippen molar-refractivity contribution in [3.63, 3.8) is 0 Å². The van der Waals surface area contributed by atoms with E-state index in [2.05, 4.69) is 15.1 Å². The van der Waals surface area contributed by atoms with Crippen LogP contribution in [0.4, 0.5) is 4.39 Å². The normalized spacial score (nSPS) is 18.3. The van der Waals surface area contributed by atoms with Gasteiger partial charge in [-0.25, -0.2) is 18.9 Å². The Morgan fingerprint density at radius 2 is 2.00 bits per heavy atom. The molecule has 0 saturated carbocycles. The molecule has 1 aromatic carbocycles. The molecule has 0 radical (unpaired) electrons. The topological polar surface area (TPSA) is 82.5 Å². The minimum absolute atomic E-state index is 0.0450. The van der Waals surface area contributed by atoms with Crippen LogP contribution in [0.2, 0.25) is 0 Å². The van der Waals surface area contributed by atoms with Gasteiger partial charge in [0, 0.05) is 24.0 Å². The Morgan fingerprint density at radius 1 is 1.13 bits per heavy atom. The first-order valence-corrected chi connectivity index (χ1v) is 9.68. The van der Waals surface area contributed by atoms with Gasteiger partial charge < -0.3 is 9.15 Å². The molecule has 148 valence electrons. The van der Waals surface area contributed by atoms with Crippen molar-refractivity contribution in [1.82, 2.24) is 19.6 Å². The van der Waals surface area contributed by atoms with Gasteiger partial charge in [0.25, 0.3) is 0 Å². The summed E-state index contributed by atoms with van der Waals surface area (Å²) in [4.78, 5) is 22.0. The average Bonchev–Trinajstić information content (AvgIpc) is 3.43. The molecule has 4 aromatic rings. The second-order valence-electron chi connectivity index (χ2n) is 7.34. The Bertz CT molecular complexity index is 1320. The highest BCUT2D eigenvalue weighted by molar-refractivity contribution is 5.99. The quantitative estimate of drug-likeness (QED) is 0.503. The molecule has 2 aliphatic rings. The van der Waals surface area contributed by atoms with E-state index in [-0.39, 0.29) is 11.6 Å². The third-order valence-electron chi connectivity index (χ3n) is 5.52. The van der Waals surface area contributed by atoms with Gasteiger partial charge in [-0.15, -0.1) is 5.10 Å². The van der Waals surface area contributed by atoms with Gasteiger partial charge >= 0.3 is 0 Å². The molecule has 0 fully saturated rings. The molecule has 6 rings (SSSR count). The highest BCUT2D eigenvalue weighted by Crippen LogP contribution is 2.47. The van der Waals surface area contributed by atoms with Crippen molar-refractivity contribution >= 4 is 11.4 Å². The Labute approximate surface area is 169 Å². The molecule has 3 aromatic heterocycles. The summed E-state index contributed by atoms with van der Waals surface area (Å²) in [6.45, 7) is 0. The Hall–Kier alpha value is -3.81. The second kappa shape index (κ2) is 6.35. The van der Waals surface area contributed by atoms with Crippen LogP contribution in [0.15, 0.2) is 64.7 Å². The summed E-state index contributed by atoms with van der Waals surface area (Å²) >= 11 is 0. The number of aromatic nitrogens is 4. The van der Waals surface area contributed by atoms with E-state index in [4.69, 9.17) is 9.15 Å². The number of benzene rings is 1. The summed E-state index contributed by atoms with van der Waals surface area (Å²) in [5, 5.41) is 4.49. The number of halogens is 1. The molecular formula is C22H15FN4O3. The maximum absolute atomic E-state index is 13.3. The minimum atomic E-state index is -0.465. The van der Waals surface area contributed by atoms with Crippen molar-refractivity contribution in [2.24, 2.45) is 0 Å². The lowest BCUT2D eigenvalue weighted by atomic mass is 9.80. The molecule has 0 unspecified atom stereocenters. The lowest BCUT2D eigenvalue weighted by molar-refractivity contribution is -0.116. The number of fused-ring (bicyclic) bond motifs is 3. The van der Waals surface area contributed by atoms with E-state index >= 15 is 0 Å². The molecule has 1 aliphatic carbocycles. The van der Waals surface area contributed by atoms with Crippen molar-refractivity contribution in [3.05, 3.63) is 77.5 Å². The third-order valence-corrected chi connectivity index (χ3v) is 5.52. The van der Waals surface area contributed by atoms with Crippen molar-refractivity contribution in [2.75, 3.05) is 0 Å². The number of hydrogen-bond donors (Lipinski definition) is 0. The summed E-state index contributed by atoms with van der Waals surface area (Å²) in [5.74, 6) is 1.35. The summed E-state index contributed by atoms with van der Waals surface area (Å²) in [6, 6.07) is 9.60. The largest absolute Gasteiger partial charge is 0.468 e. The van der Waals surface area contributed by atoms with Crippen LogP contribution in [-0.4, -0.2) is 25.4 Å². The van der Waals surface area contributed by atoms with Gasteiger partial charge in [0.15, 0.2) is 17.3 Å². The number of hydrogen-bond acceptors (Lipinski definition) is 6. The number of nitrogens with zero attached hydrogens (tertiary/aromatic N) is 4. The van der Waals surface area contributed by atoms with E-state index in [1.54, 1.807) is 29.0 Å². The summed E-state index contributed by atoms with van der Waals surface area (Å²) in [5.41, 5.74) is 2.44. The molecule has 0 N–H and O–H groups in total. The molecule has 0 bridgehead atoms. The van der Waals surface area contributed by atoms with Gasteiger partial charge in [-0.2, -0.15) is 0 Å². The lowest BCUT2D eigenvalue weighted by Gasteiger charge is -2.30. The summed E-state index contributed by atoms with van der Waals surface area (Å²) in [7, 11) is 0. The molecule has 1 atom stereocenters. The van der Waals surface area contributed by atoms with Crippen LogP contribution in [0.25, 0.3) is 17.0 Å². The van der Waals surface area contributed by atoms with E-state index in [1.165, 1.54) is 18.5 Å². The predicted octanol–water partition coefficient (Wildman–Crippen LogP) is 4.05. The fraction of sp³-hybridized carbons (Fsp3) is 0.182. The van der Waals surface area contributed by atoms with Crippen LogP contribution < -0.4 is 4.74 Å². The van der Waals surface area contributed by atoms with Crippen LogP contribution in [0.5, 0.6) is 5.88 Å². The number of ether oxygens (including phenoxy) is 1. The van der Waals surface area contributed by atoms with Crippen LogP contribution in [0.1, 0.15) is 36.5 Å². The first kappa shape index (κ1) is 17.1. The van der Waals surface area contributed by atoms with E-state index in [0.29, 0.717) is 58.4 Å². The van der Waals surface area contributed by atoms with Gasteiger partial charge in [-0.1, -0.05) is 0 Å². The fourth-order valence-corrected chi connectivity index (χ4v) is 4.18. The SMILES string of the molecule is O=C1CCCC2=C1[C@H](c1ccco1)c1c(ncn3nc(-c4ccc(F)cc4)nc13)O2. The zero-order valence-electron chi connectivity index (χ0n) is 15.7. The number of rotatable bonds is 2. The Morgan fingerprint density at radius 3 is 2.80 bits per heavy atom. The van der Waals surface area contributed by atoms with Crippen molar-refractivity contribution in [3.8, 4) is 17.3 Å². The standard InChI is InChI=1S/C22H15FN4O3/c23-13-8-6-12(7-9-13)20-25-21-19-18(15-5-2-10-29-15)17-14(28)3-1-4-16(17)30-22(19)24-11-27(21)26-20/h2,5-11,18H,1,3-4H2/t18-/m0/s1. The van der Waals surface area contributed by atoms with E-state index in [1.807, 2.05) is 6.07 Å². The molecule has 0 spiro atoms. The second-order valence-corrected chi connectivity index (χ2v) is 7.34. The van der Waals surface area contributed by atoms with Crippen LogP contribution >= 0.6 is 0 Å². The number of Topliss-reactive ketones (excluding diaryl/α,β-unsaturated/α-hetero) is 1. The van der Waals surface area contributed by atoms with Gasteiger partial charge in [-0.3, -0.25) is 4.79 Å². The number of furan rings is 1. The highest BCUT2D eigenvalue weighted by Gasteiger charge is 2.40.